The van der Waals surface area contributed by atoms with Crippen LogP contribution in [0.5, 0.6) is 0 Å². The topological polar surface area (TPSA) is 0 Å². The summed E-state index contributed by atoms with van der Waals surface area (Å²) >= 11 is 0. The van der Waals surface area contributed by atoms with Gasteiger partial charge in [0.15, 0.2) is 0 Å². The molecule has 4 aromatic rings. The summed E-state index contributed by atoms with van der Waals surface area (Å²) in [5.41, 5.74) is 11.0. The Morgan fingerprint density at radius 2 is 0.889 bits per heavy atom. The zero-order valence-corrected chi connectivity index (χ0v) is 18.7. The standard InChI is InChI=1S/2C13H9.Sr/c2*1-3-7-12-10(5-1)9-11-6-2-4-8-13(11)12;/h2*1-5,7-8H,9H2;/q2*-1;+2. The van der Waals surface area contributed by atoms with Gasteiger partial charge in [0, 0.05) is 0 Å². The van der Waals surface area contributed by atoms with E-state index in [-0.39, 0.29) is 45.5 Å². The van der Waals surface area contributed by atoms with E-state index in [4.69, 9.17) is 0 Å². The molecule has 6 rings (SSSR count). The molecule has 2 aliphatic rings. The Bertz CT molecular complexity index is 918. The van der Waals surface area contributed by atoms with Crippen LogP contribution in [0.2, 0.25) is 0 Å². The molecule has 0 unspecified atom stereocenters. The third-order valence-corrected chi connectivity index (χ3v) is 5.23. The minimum absolute atomic E-state index is 0. The average Bonchev–Trinajstić information content (AvgIpc) is 3.27. The van der Waals surface area contributed by atoms with Crippen LogP contribution in [0.15, 0.2) is 84.9 Å². The average molecular weight is 418 g/mol. The van der Waals surface area contributed by atoms with Crippen LogP contribution in [-0.4, -0.2) is 45.5 Å². The Morgan fingerprint density at radius 1 is 0.481 bits per heavy atom. The zero-order chi connectivity index (χ0) is 17.3. The molecule has 27 heavy (non-hydrogen) atoms. The van der Waals surface area contributed by atoms with Gasteiger partial charge in [-0.1, -0.05) is 70.8 Å². The quantitative estimate of drug-likeness (QED) is 0.218. The van der Waals surface area contributed by atoms with Gasteiger partial charge >= 0.3 is 45.5 Å². The fourth-order valence-corrected chi connectivity index (χ4v) is 4.00. The minimum Gasteiger partial charge on any atom is -0.179 e. The Hall–Kier alpha value is -1.64. The van der Waals surface area contributed by atoms with Crippen LogP contribution in [0.25, 0.3) is 22.3 Å². The van der Waals surface area contributed by atoms with Gasteiger partial charge in [-0.2, -0.15) is 59.7 Å². The van der Waals surface area contributed by atoms with Gasteiger partial charge in [-0.15, -0.1) is 11.1 Å². The van der Waals surface area contributed by atoms with E-state index in [1.807, 2.05) is 12.1 Å². The normalized spacial score (nSPS) is 11.9. The van der Waals surface area contributed by atoms with E-state index in [1.165, 1.54) is 44.5 Å². The van der Waals surface area contributed by atoms with Gasteiger partial charge in [-0.25, -0.2) is 0 Å². The zero-order valence-electron chi connectivity index (χ0n) is 15.2. The predicted octanol–water partition coefficient (Wildman–Crippen LogP) is 5.74. The fourth-order valence-electron chi connectivity index (χ4n) is 4.00. The second kappa shape index (κ2) is 8.16. The van der Waals surface area contributed by atoms with Gasteiger partial charge in [0.25, 0.3) is 0 Å². The van der Waals surface area contributed by atoms with Crippen LogP contribution in [0.1, 0.15) is 22.3 Å². The van der Waals surface area contributed by atoms with Gasteiger partial charge in [-0.3, -0.25) is 0 Å². The van der Waals surface area contributed by atoms with Gasteiger partial charge < -0.3 is 0 Å². The molecule has 2 aliphatic carbocycles. The summed E-state index contributed by atoms with van der Waals surface area (Å²) in [5, 5.41) is 0. The Balaban J connectivity index is 0.000000129. The van der Waals surface area contributed by atoms with Crippen molar-refractivity contribution in [1.29, 1.82) is 0 Å². The van der Waals surface area contributed by atoms with E-state index in [9.17, 15) is 0 Å². The molecular weight excluding hydrogens is 400 g/mol. The molecule has 0 saturated heterocycles. The third kappa shape index (κ3) is 3.58. The number of hydrogen-bond donors (Lipinski definition) is 0. The third-order valence-electron chi connectivity index (χ3n) is 5.23. The Kier molecular flexibility index (Phi) is 5.66. The van der Waals surface area contributed by atoms with Crippen molar-refractivity contribution < 1.29 is 0 Å². The van der Waals surface area contributed by atoms with Crippen LogP contribution in [0.4, 0.5) is 0 Å². The second-order valence-corrected chi connectivity index (χ2v) is 6.79. The summed E-state index contributed by atoms with van der Waals surface area (Å²) in [7, 11) is 0. The molecule has 0 fully saturated rings. The van der Waals surface area contributed by atoms with Crippen LogP contribution in [0, 0.1) is 12.1 Å². The molecular formula is C26H18Sr. The van der Waals surface area contributed by atoms with Gasteiger partial charge in [0.05, 0.1) is 0 Å². The first-order chi connectivity index (χ1) is 12.9. The molecule has 0 aliphatic heterocycles. The molecule has 0 saturated carbocycles. The summed E-state index contributed by atoms with van der Waals surface area (Å²) in [6.07, 6.45) is 2.10. The molecule has 1 heteroatoms. The van der Waals surface area contributed by atoms with E-state index in [0.29, 0.717) is 0 Å². The maximum absolute atomic E-state index is 3.30. The van der Waals surface area contributed by atoms with Crippen molar-refractivity contribution in [2.24, 2.45) is 0 Å². The molecule has 0 heterocycles. The van der Waals surface area contributed by atoms with E-state index in [0.717, 1.165) is 12.8 Å². The van der Waals surface area contributed by atoms with Crippen molar-refractivity contribution in [1.82, 2.24) is 0 Å². The van der Waals surface area contributed by atoms with Crippen molar-refractivity contribution in [2.45, 2.75) is 12.8 Å². The van der Waals surface area contributed by atoms with Crippen molar-refractivity contribution in [3.8, 4) is 22.3 Å². The number of rotatable bonds is 0. The van der Waals surface area contributed by atoms with Gasteiger partial charge in [0.2, 0.25) is 0 Å². The first-order valence-corrected chi connectivity index (χ1v) is 9.06. The van der Waals surface area contributed by atoms with Crippen LogP contribution >= 0.6 is 0 Å². The first kappa shape index (κ1) is 18.7. The Labute approximate surface area is 198 Å². The minimum atomic E-state index is 0. The molecule has 0 atom stereocenters. The smallest absolute Gasteiger partial charge is 0.179 e. The van der Waals surface area contributed by atoms with Crippen molar-refractivity contribution in [3.63, 3.8) is 0 Å². The summed E-state index contributed by atoms with van der Waals surface area (Å²) in [6, 6.07) is 36.2. The monoisotopic (exact) mass is 418 g/mol. The van der Waals surface area contributed by atoms with Crippen LogP contribution in [0.3, 0.4) is 0 Å². The summed E-state index contributed by atoms with van der Waals surface area (Å²) in [6.45, 7) is 0. The largest absolute Gasteiger partial charge is 2.00 e. The fraction of sp³-hybridized carbons (Fsp3) is 0.0769. The van der Waals surface area contributed by atoms with Gasteiger partial charge in [0.1, 0.15) is 0 Å². The molecule has 124 valence electrons. The molecule has 0 aromatic heterocycles. The SMILES string of the molecule is [Sr+2].[c-]1cccc2c1Cc1ccccc1-2.[c-]1cccc2c1Cc1ccccc1-2. The van der Waals surface area contributed by atoms with Crippen LogP contribution in [-0.2, 0) is 12.8 Å². The molecule has 0 radical (unpaired) electrons. The van der Waals surface area contributed by atoms with Gasteiger partial charge in [-0.05, 0) is 12.8 Å². The predicted molar refractivity (Wildman–Crippen MR) is 113 cm³/mol. The summed E-state index contributed by atoms with van der Waals surface area (Å²) in [5.74, 6) is 0. The molecule has 0 N–H and O–H groups in total. The molecule has 0 nitrogen and oxygen atoms in total. The van der Waals surface area contributed by atoms with E-state index in [1.54, 1.807) is 0 Å². The summed E-state index contributed by atoms with van der Waals surface area (Å²) < 4.78 is 0. The van der Waals surface area contributed by atoms with Crippen molar-refractivity contribution in [2.75, 3.05) is 0 Å². The molecule has 0 spiro atoms. The molecule has 0 bridgehead atoms. The molecule has 0 amide bonds. The number of hydrogen-bond acceptors (Lipinski definition) is 0. The maximum Gasteiger partial charge on any atom is 2.00 e. The molecule has 4 aromatic carbocycles. The Morgan fingerprint density at radius 3 is 1.37 bits per heavy atom. The van der Waals surface area contributed by atoms with Crippen molar-refractivity contribution in [3.05, 3.63) is 119 Å². The summed E-state index contributed by atoms with van der Waals surface area (Å²) in [4.78, 5) is 0. The number of benzene rings is 4. The first-order valence-electron chi connectivity index (χ1n) is 9.06. The van der Waals surface area contributed by atoms with E-state index in [2.05, 4.69) is 84.9 Å². The van der Waals surface area contributed by atoms with Crippen LogP contribution < -0.4 is 0 Å². The number of fused-ring (bicyclic) bond motifs is 6. The van der Waals surface area contributed by atoms with E-state index >= 15 is 0 Å². The second-order valence-electron chi connectivity index (χ2n) is 6.79. The maximum atomic E-state index is 3.30. The van der Waals surface area contributed by atoms with E-state index < -0.39 is 0 Å². The van der Waals surface area contributed by atoms with Crippen molar-refractivity contribution >= 4 is 45.5 Å².